The summed E-state index contributed by atoms with van der Waals surface area (Å²) in [6.07, 6.45) is 36.8. The highest BCUT2D eigenvalue weighted by Crippen LogP contribution is 2.23. The van der Waals surface area contributed by atoms with Gasteiger partial charge in [-0.1, -0.05) is 179 Å². The SMILES string of the molecule is CCCCCCC/C=C\C/C=C\CCCCCCCCCCCCCCCCCC(=O)NC(COC1OC(CO)C(O)C(O)C1O)C(O)CCCCCCC. The molecule has 7 atom stereocenters. The van der Waals surface area contributed by atoms with Gasteiger partial charge in [-0.05, 0) is 44.9 Å². The molecule has 0 bridgehead atoms. The van der Waals surface area contributed by atoms with Crippen LogP contribution < -0.4 is 5.32 Å². The summed E-state index contributed by atoms with van der Waals surface area (Å²) in [4.78, 5) is 12.9. The quantitative estimate of drug-likeness (QED) is 0.0268. The predicted molar refractivity (Wildman–Crippen MR) is 226 cm³/mol. The monoisotopic (exact) mass is 782 g/mol. The minimum Gasteiger partial charge on any atom is -0.394 e. The average molecular weight is 782 g/mol. The van der Waals surface area contributed by atoms with E-state index in [2.05, 4.69) is 43.5 Å². The molecule has 1 fully saturated rings. The highest BCUT2D eigenvalue weighted by atomic mass is 16.7. The highest BCUT2D eigenvalue weighted by Gasteiger charge is 2.44. The molecule has 0 spiro atoms. The number of unbranched alkanes of at least 4 members (excludes halogenated alkanes) is 24. The van der Waals surface area contributed by atoms with Crippen molar-refractivity contribution < 1.29 is 39.8 Å². The Morgan fingerprint density at radius 1 is 0.618 bits per heavy atom. The molecule has 1 heterocycles. The molecule has 0 aliphatic carbocycles. The third-order valence-electron chi connectivity index (χ3n) is 11.1. The normalized spacial score (nSPS) is 21.5. The van der Waals surface area contributed by atoms with Gasteiger partial charge in [-0.25, -0.2) is 0 Å². The van der Waals surface area contributed by atoms with Crippen LogP contribution >= 0.6 is 0 Å². The third kappa shape index (κ3) is 27.9. The Morgan fingerprint density at radius 3 is 1.56 bits per heavy atom. The lowest BCUT2D eigenvalue weighted by Gasteiger charge is -2.40. The molecular weight excluding hydrogens is 695 g/mol. The molecule has 9 heteroatoms. The summed E-state index contributed by atoms with van der Waals surface area (Å²) in [5.41, 5.74) is 0. The lowest BCUT2D eigenvalue weighted by Crippen LogP contribution is -2.60. The molecule has 324 valence electrons. The first-order valence-electron chi connectivity index (χ1n) is 23.0. The molecule has 9 nitrogen and oxygen atoms in total. The third-order valence-corrected chi connectivity index (χ3v) is 11.1. The van der Waals surface area contributed by atoms with Crippen LogP contribution in [0.2, 0.25) is 0 Å². The molecule has 7 unspecified atom stereocenters. The first kappa shape index (κ1) is 51.7. The fourth-order valence-corrected chi connectivity index (χ4v) is 7.31. The van der Waals surface area contributed by atoms with Gasteiger partial charge in [0.25, 0.3) is 0 Å². The number of rotatable bonds is 38. The van der Waals surface area contributed by atoms with E-state index < -0.39 is 49.5 Å². The van der Waals surface area contributed by atoms with Gasteiger partial charge < -0.3 is 40.3 Å². The number of aliphatic hydroxyl groups excluding tert-OH is 5. The summed E-state index contributed by atoms with van der Waals surface area (Å²) < 4.78 is 11.2. The fraction of sp³-hybridized carbons (Fsp3) is 0.891. The molecule has 1 aliphatic heterocycles. The molecule has 0 aromatic rings. The van der Waals surface area contributed by atoms with Gasteiger partial charge in [0.2, 0.25) is 5.91 Å². The number of nitrogens with one attached hydrogen (secondary N) is 1. The van der Waals surface area contributed by atoms with Crippen LogP contribution in [0.25, 0.3) is 0 Å². The molecule has 0 saturated carbocycles. The van der Waals surface area contributed by atoms with Crippen LogP contribution in [-0.4, -0.2) is 87.5 Å². The van der Waals surface area contributed by atoms with E-state index >= 15 is 0 Å². The number of allylic oxidation sites excluding steroid dienone is 4. The van der Waals surface area contributed by atoms with Crippen LogP contribution in [0, 0.1) is 0 Å². The Balaban J connectivity index is 2.09. The van der Waals surface area contributed by atoms with E-state index in [-0.39, 0.29) is 12.5 Å². The molecule has 1 amide bonds. The van der Waals surface area contributed by atoms with Crippen molar-refractivity contribution in [1.29, 1.82) is 0 Å². The van der Waals surface area contributed by atoms with Crippen LogP contribution in [0.5, 0.6) is 0 Å². The number of aliphatic hydroxyl groups is 5. The van der Waals surface area contributed by atoms with E-state index in [1.807, 2.05) is 0 Å². The van der Waals surface area contributed by atoms with Crippen molar-refractivity contribution in [2.24, 2.45) is 0 Å². The molecule has 0 aromatic heterocycles. The van der Waals surface area contributed by atoms with Crippen molar-refractivity contribution in [2.75, 3.05) is 13.2 Å². The second kappa shape index (κ2) is 37.0. The van der Waals surface area contributed by atoms with Gasteiger partial charge in [-0.15, -0.1) is 0 Å². The minimum absolute atomic E-state index is 0.138. The molecule has 1 saturated heterocycles. The van der Waals surface area contributed by atoms with Crippen LogP contribution in [0.3, 0.4) is 0 Å². The van der Waals surface area contributed by atoms with Gasteiger partial charge in [-0.2, -0.15) is 0 Å². The Bertz CT molecular complexity index is 914. The number of amides is 1. The zero-order valence-corrected chi connectivity index (χ0v) is 35.4. The van der Waals surface area contributed by atoms with Gasteiger partial charge in [0.1, 0.15) is 24.4 Å². The van der Waals surface area contributed by atoms with E-state index in [1.165, 1.54) is 122 Å². The lowest BCUT2D eigenvalue weighted by atomic mass is 9.99. The smallest absolute Gasteiger partial charge is 0.220 e. The van der Waals surface area contributed by atoms with E-state index in [4.69, 9.17) is 9.47 Å². The standard InChI is InChI=1S/C46H87NO8/c1-3-5-7-9-10-11-12-13-14-15-16-17-18-19-20-21-22-23-24-25-26-27-28-29-30-32-34-36-42(50)47-39(40(49)35-33-31-8-6-4-2)38-54-46-45(53)44(52)43(51)41(37-48)55-46/h12-13,15-16,39-41,43-46,48-49,51-53H,3-11,14,17-38H2,1-2H3,(H,47,50)/b13-12-,16-15-. The number of carbonyl (C=O) groups is 1. The summed E-state index contributed by atoms with van der Waals surface area (Å²) in [6.45, 7) is 3.73. The second-order valence-corrected chi connectivity index (χ2v) is 16.2. The minimum atomic E-state index is -1.55. The zero-order chi connectivity index (χ0) is 40.2. The Morgan fingerprint density at radius 2 is 1.07 bits per heavy atom. The summed E-state index contributed by atoms with van der Waals surface area (Å²) in [5, 5.41) is 53.8. The van der Waals surface area contributed by atoms with E-state index in [0.29, 0.717) is 12.8 Å². The van der Waals surface area contributed by atoms with Crippen LogP contribution in [-0.2, 0) is 14.3 Å². The predicted octanol–water partition coefficient (Wildman–Crippen LogP) is 9.50. The molecule has 1 aliphatic rings. The van der Waals surface area contributed by atoms with Crippen molar-refractivity contribution in [1.82, 2.24) is 5.32 Å². The summed E-state index contributed by atoms with van der Waals surface area (Å²) in [6, 6.07) is -0.712. The van der Waals surface area contributed by atoms with Crippen LogP contribution in [0.4, 0.5) is 0 Å². The highest BCUT2D eigenvalue weighted by molar-refractivity contribution is 5.76. The summed E-state index contributed by atoms with van der Waals surface area (Å²) in [5.74, 6) is -0.151. The van der Waals surface area contributed by atoms with E-state index in [0.717, 1.165) is 57.8 Å². The number of ether oxygens (including phenoxy) is 2. The summed E-state index contributed by atoms with van der Waals surface area (Å²) in [7, 11) is 0. The van der Waals surface area contributed by atoms with Gasteiger partial charge in [0.15, 0.2) is 6.29 Å². The second-order valence-electron chi connectivity index (χ2n) is 16.2. The van der Waals surface area contributed by atoms with Crippen LogP contribution in [0.15, 0.2) is 24.3 Å². The molecule has 0 aromatic carbocycles. The van der Waals surface area contributed by atoms with Crippen molar-refractivity contribution in [2.45, 2.75) is 249 Å². The zero-order valence-electron chi connectivity index (χ0n) is 35.4. The maximum Gasteiger partial charge on any atom is 0.220 e. The Kier molecular flexibility index (Phi) is 34.7. The molecular formula is C46H87NO8. The van der Waals surface area contributed by atoms with Crippen molar-refractivity contribution in [3.8, 4) is 0 Å². The Hall–Kier alpha value is -1.33. The van der Waals surface area contributed by atoms with Crippen molar-refractivity contribution in [3.05, 3.63) is 24.3 Å². The molecule has 55 heavy (non-hydrogen) atoms. The number of hydrogen-bond acceptors (Lipinski definition) is 8. The van der Waals surface area contributed by atoms with Crippen molar-refractivity contribution in [3.63, 3.8) is 0 Å². The van der Waals surface area contributed by atoms with Crippen molar-refractivity contribution >= 4 is 5.91 Å². The van der Waals surface area contributed by atoms with Gasteiger partial charge >= 0.3 is 0 Å². The summed E-state index contributed by atoms with van der Waals surface area (Å²) >= 11 is 0. The Labute approximate surface area is 337 Å². The molecule has 1 rings (SSSR count). The van der Waals surface area contributed by atoms with Crippen LogP contribution in [0.1, 0.15) is 206 Å². The molecule has 0 radical (unpaired) electrons. The number of hydrogen-bond donors (Lipinski definition) is 6. The van der Waals surface area contributed by atoms with Gasteiger partial charge in [0, 0.05) is 6.42 Å². The fourth-order valence-electron chi connectivity index (χ4n) is 7.31. The first-order chi connectivity index (χ1) is 26.8. The first-order valence-corrected chi connectivity index (χ1v) is 23.0. The maximum atomic E-state index is 12.9. The van der Waals surface area contributed by atoms with Gasteiger partial charge in [0.05, 0.1) is 25.4 Å². The largest absolute Gasteiger partial charge is 0.394 e. The maximum absolute atomic E-state index is 12.9. The average Bonchev–Trinajstić information content (AvgIpc) is 3.18. The topological polar surface area (TPSA) is 149 Å². The van der Waals surface area contributed by atoms with Gasteiger partial charge in [-0.3, -0.25) is 4.79 Å². The van der Waals surface area contributed by atoms with E-state index in [1.54, 1.807) is 0 Å². The van der Waals surface area contributed by atoms with E-state index in [9.17, 15) is 30.3 Å². The number of carbonyl (C=O) groups excluding carboxylic acids is 1. The molecule has 6 N–H and O–H groups in total. The lowest BCUT2D eigenvalue weighted by molar-refractivity contribution is -0.302.